The minimum Gasteiger partial charge on any atom is -0.497 e. The highest BCUT2D eigenvalue weighted by atomic mass is 79.9. The first kappa shape index (κ1) is 40.6. The maximum atomic E-state index is 16.9. The number of rotatable bonds is 15. The number of nitrogens with zero attached hydrogens (tertiary/aromatic N) is 3. The summed E-state index contributed by atoms with van der Waals surface area (Å²) in [5.41, 5.74) is -1.68. The third-order valence-electron chi connectivity index (χ3n) is 8.29. The summed E-state index contributed by atoms with van der Waals surface area (Å²) in [6, 6.07) is 8.49. The average Bonchev–Trinajstić information content (AvgIpc) is 2.98. The second-order valence-corrected chi connectivity index (χ2v) is 22.7. The molecule has 1 aromatic carbocycles. The number of halogens is 5. The van der Waals surface area contributed by atoms with Crippen LogP contribution in [0.15, 0.2) is 33.2 Å². The summed E-state index contributed by atoms with van der Waals surface area (Å²) >= 11 is 3.43. The SMILES string of the molecule is CC[Si](CC)(CC)c1cc(Br)nc(C(C)(CS(=O)(=NC)N(Cc2ccc(OC)cc2OC)CC(F)(F)F)N[S@@](=O)C(C)(C)C)c1F. The van der Waals surface area contributed by atoms with Crippen LogP contribution in [0.5, 0.6) is 11.5 Å². The van der Waals surface area contributed by atoms with E-state index in [-0.39, 0.29) is 11.4 Å². The Hall–Kier alpha value is -1.59. The molecule has 0 saturated carbocycles. The van der Waals surface area contributed by atoms with Gasteiger partial charge in [0.05, 0.1) is 55.0 Å². The van der Waals surface area contributed by atoms with Gasteiger partial charge in [-0.2, -0.15) is 13.2 Å². The molecule has 0 radical (unpaired) electrons. The normalized spacial score (nSPS) is 16.1. The standard InChI is InChI=1S/C30H47BrF4N4O4S2Si/c1-11-46(12-2,13-3)24-17-25(31)37-27(26(24)32)29(7,38-44(40)28(4,5)6)20-45(41,36-8)39(19-30(33,34)35)18-21-14-15-22(42-9)16-23(21)43-10/h14-17,38H,11-13,18-20H2,1-10H3/t29?,44-,45?/m0/s1. The minimum absolute atomic E-state index is 0.188. The molecular weight excluding hydrogens is 728 g/mol. The Bertz CT molecular complexity index is 1500. The number of hydrogen-bond acceptors (Lipinski definition) is 6. The van der Waals surface area contributed by atoms with E-state index in [1.807, 2.05) is 20.8 Å². The van der Waals surface area contributed by atoms with E-state index in [2.05, 4.69) is 30.0 Å². The molecule has 0 aliphatic heterocycles. The monoisotopic (exact) mass is 774 g/mol. The summed E-state index contributed by atoms with van der Waals surface area (Å²) in [7, 11) is -4.26. The van der Waals surface area contributed by atoms with Gasteiger partial charge in [0.15, 0.2) is 0 Å². The van der Waals surface area contributed by atoms with Crippen molar-refractivity contribution in [3.8, 4) is 11.5 Å². The predicted octanol–water partition coefficient (Wildman–Crippen LogP) is 7.06. The van der Waals surface area contributed by atoms with Gasteiger partial charge >= 0.3 is 6.18 Å². The Morgan fingerprint density at radius 3 is 2.11 bits per heavy atom. The number of pyridine rings is 1. The third kappa shape index (κ3) is 9.52. The Labute approximate surface area is 283 Å². The number of methoxy groups -OCH3 is 2. The molecule has 0 amide bonds. The molecule has 1 heterocycles. The summed E-state index contributed by atoms with van der Waals surface area (Å²) in [5.74, 6) is -0.656. The largest absolute Gasteiger partial charge is 0.497 e. The number of alkyl halides is 3. The first-order chi connectivity index (χ1) is 21.2. The zero-order valence-electron chi connectivity index (χ0n) is 28.2. The van der Waals surface area contributed by atoms with Crippen molar-refractivity contribution < 1.29 is 35.5 Å². The topological polar surface area (TPSA) is 93.1 Å². The Balaban J connectivity index is 2.90. The number of hydrogen-bond donors (Lipinski definition) is 1. The van der Waals surface area contributed by atoms with E-state index in [0.29, 0.717) is 21.1 Å². The fraction of sp³-hybridized carbons (Fsp3) is 0.633. The Morgan fingerprint density at radius 2 is 1.65 bits per heavy atom. The summed E-state index contributed by atoms with van der Waals surface area (Å²) < 4.78 is 105. The molecule has 0 spiro atoms. The van der Waals surface area contributed by atoms with Gasteiger partial charge in [-0.3, -0.25) is 0 Å². The molecule has 1 N–H and O–H groups in total. The van der Waals surface area contributed by atoms with Crippen molar-refractivity contribution in [3.63, 3.8) is 0 Å². The number of aromatic nitrogens is 1. The maximum Gasteiger partial charge on any atom is 0.402 e. The molecular formula is C30H47BrF4N4O4S2Si. The summed E-state index contributed by atoms with van der Waals surface area (Å²) in [5, 5.41) is 0.501. The van der Waals surface area contributed by atoms with Crippen LogP contribution in [0.25, 0.3) is 0 Å². The first-order valence-electron chi connectivity index (χ1n) is 14.9. The molecule has 46 heavy (non-hydrogen) atoms. The molecule has 3 atom stereocenters. The van der Waals surface area contributed by atoms with Crippen LogP contribution in [0.2, 0.25) is 18.1 Å². The van der Waals surface area contributed by atoms with Crippen molar-refractivity contribution >= 4 is 50.1 Å². The second kappa shape index (κ2) is 15.7. The molecule has 2 rings (SSSR count). The highest BCUT2D eigenvalue weighted by Crippen LogP contribution is 2.34. The lowest BCUT2D eigenvalue weighted by atomic mass is 10.0. The van der Waals surface area contributed by atoms with E-state index in [1.165, 1.54) is 33.3 Å². The number of nitrogens with one attached hydrogen (secondary N) is 1. The van der Waals surface area contributed by atoms with Crippen LogP contribution in [0, 0.1) is 5.82 Å². The lowest BCUT2D eigenvalue weighted by Gasteiger charge is -2.38. The molecule has 0 aliphatic rings. The van der Waals surface area contributed by atoms with E-state index >= 15 is 4.39 Å². The molecule has 2 unspecified atom stereocenters. The quantitative estimate of drug-likeness (QED) is 0.119. The fourth-order valence-corrected chi connectivity index (χ4v) is 12.8. The van der Waals surface area contributed by atoms with Crippen LogP contribution >= 0.6 is 15.9 Å². The minimum atomic E-state index is -4.77. The predicted molar refractivity (Wildman–Crippen MR) is 184 cm³/mol. The van der Waals surface area contributed by atoms with E-state index in [1.54, 1.807) is 32.9 Å². The molecule has 1 aromatic heterocycles. The Morgan fingerprint density at radius 1 is 1.07 bits per heavy atom. The van der Waals surface area contributed by atoms with Crippen LogP contribution < -0.4 is 19.4 Å². The van der Waals surface area contributed by atoms with Crippen molar-refractivity contribution in [2.75, 3.05) is 33.6 Å². The second-order valence-electron chi connectivity index (χ2n) is 12.3. The van der Waals surface area contributed by atoms with Gasteiger partial charge in [-0.1, -0.05) is 45.0 Å². The van der Waals surface area contributed by atoms with Gasteiger partial charge in [0.1, 0.15) is 38.4 Å². The van der Waals surface area contributed by atoms with Crippen LogP contribution in [-0.4, -0.2) is 70.3 Å². The summed E-state index contributed by atoms with van der Waals surface area (Å²) in [4.78, 5) is 4.46. The number of benzene rings is 1. The summed E-state index contributed by atoms with van der Waals surface area (Å²) in [6.45, 7) is 10.6. The first-order valence-corrected chi connectivity index (χ1v) is 21.1. The van der Waals surface area contributed by atoms with E-state index in [0.717, 1.165) is 29.5 Å². The molecule has 0 saturated heterocycles. The molecule has 262 valence electrons. The van der Waals surface area contributed by atoms with Crippen molar-refractivity contribution in [1.29, 1.82) is 0 Å². The molecule has 16 heteroatoms. The van der Waals surface area contributed by atoms with Crippen molar-refractivity contribution in [3.05, 3.63) is 45.9 Å². The summed E-state index contributed by atoms with van der Waals surface area (Å²) in [6.07, 6.45) is -4.77. The van der Waals surface area contributed by atoms with Gasteiger partial charge in [0.2, 0.25) is 0 Å². The highest BCUT2D eigenvalue weighted by Gasteiger charge is 2.45. The lowest BCUT2D eigenvalue weighted by molar-refractivity contribution is -0.136. The molecule has 8 nitrogen and oxygen atoms in total. The fourth-order valence-electron chi connectivity index (χ4n) is 5.35. The van der Waals surface area contributed by atoms with Crippen molar-refractivity contribution in [2.24, 2.45) is 4.36 Å². The van der Waals surface area contributed by atoms with Crippen molar-refractivity contribution in [2.45, 2.75) is 89.6 Å². The molecule has 0 fully saturated rings. The molecule has 0 aliphatic carbocycles. The van der Waals surface area contributed by atoms with Gasteiger partial charge < -0.3 is 9.47 Å². The maximum absolute atomic E-state index is 16.9. The van der Waals surface area contributed by atoms with E-state index in [4.69, 9.17) is 9.47 Å². The zero-order valence-corrected chi connectivity index (χ0v) is 32.5. The Kier molecular flexibility index (Phi) is 13.9. The number of ether oxygens (including phenoxy) is 2. The molecule has 2 aromatic rings. The van der Waals surface area contributed by atoms with Gasteiger partial charge in [-0.15, -0.1) is 0 Å². The zero-order chi connectivity index (χ0) is 35.3. The van der Waals surface area contributed by atoms with Gasteiger partial charge in [0, 0.05) is 25.2 Å². The molecule has 0 bridgehead atoms. The third-order valence-corrected chi connectivity index (χ3v) is 18.6. The van der Waals surface area contributed by atoms with Gasteiger partial charge in [-0.25, -0.2) is 31.2 Å². The van der Waals surface area contributed by atoms with Crippen LogP contribution in [-0.2, 0) is 33.0 Å². The van der Waals surface area contributed by atoms with E-state index in [9.17, 15) is 21.6 Å². The van der Waals surface area contributed by atoms with Gasteiger partial charge in [0.25, 0.3) is 0 Å². The highest BCUT2D eigenvalue weighted by molar-refractivity contribution is 9.10. The van der Waals surface area contributed by atoms with Crippen LogP contribution in [0.4, 0.5) is 17.6 Å². The van der Waals surface area contributed by atoms with Crippen LogP contribution in [0.1, 0.15) is 59.7 Å². The van der Waals surface area contributed by atoms with Crippen molar-refractivity contribution in [1.82, 2.24) is 14.0 Å². The lowest BCUT2D eigenvalue weighted by Crippen LogP contribution is -2.55. The van der Waals surface area contributed by atoms with Crippen LogP contribution in [0.3, 0.4) is 0 Å². The average molecular weight is 776 g/mol. The van der Waals surface area contributed by atoms with Gasteiger partial charge in [-0.05, 0) is 60.9 Å². The van der Waals surface area contributed by atoms with E-state index < -0.39 is 70.1 Å². The smallest absolute Gasteiger partial charge is 0.402 e.